The van der Waals surface area contributed by atoms with E-state index in [0.29, 0.717) is 11.4 Å². The molecule has 0 fully saturated rings. The number of benzene rings is 1. The fourth-order valence-electron chi connectivity index (χ4n) is 2.77. The number of aryl methyl sites for hydroxylation is 1. The lowest BCUT2D eigenvalue weighted by Crippen LogP contribution is -2.14. The molecule has 3 rings (SSSR count). The van der Waals surface area contributed by atoms with Gasteiger partial charge in [0.25, 0.3) is 10.0 Å². The van der Waals surface area contributed by atoms with Gasteiger partial charge in [0.2, 0.25) is 0 Å². The van der Waals surface area contributed by atoms with Gasteiger partial charge in [-0.25, -0.2) is 13.2 Å². The fraction of sp³-hybridized carbons (Fsp3) is 0.267. The third-order valence-electron chi connectivity index (χ3n) is 3.90. The number of anilines is 1. The summed E-state index contributed by atoms with van der Waals surface area (Å²) >= 11 is 0. The number of hydrogen-bond donors (Lipinski definition) is 3. The smallest absolute Gasteiger partial charge is 0.352 e. The summed E-state index contributed by atoms with van der Waals surface area (Å²) in [6.07, 6.45) is 3.80. The van der Waals surface area contributed by atoms with Gasteiger partial charge in [-0.05, 0) is 42.5 Å². The van der Waals surface area contributed by atoms with Gasteiger partial charge in [0.1, 0.15) is 16.3 Å². The van der Waals surface area contributed by atoms with Gasteiger partial charge in [0.15, 0.2) is 0 Å². The van der Waals surface area contributed by atoms with E-state index < -0.39 is 16.0 Å². The molecule has 1 aliphatic carbocycles. The van der Waals surface area contributed by atoms with Crippen molar-refractivity contribution in [3.05, 3.63) is 41.2 Å². The first-order valence-electron chi connectivity index (χ1n) is 7.05. The maximum Gasteiger partial charge on any atom is 0.352 e. The van der Waals surface area contributed by atoms with E-state index in [1.54, 1.807) is 6.07 Å². The number of aromatic carboxylic acids is 1. The van der Waals surface area contributed by atoms with Crippen LogP contribution in [0.25, 0.3) is 0 Å². The number of aromatic nitrogens is 1. The van der Waals surface area contributed by atoms with E-state index >= 15 is 0 Å². The summed E-state index contributed by atoms with van der Waals surface area (Å²) in [5, 5.41) is 8.90. The molecule has 1 aromatic carbocycles. The van der Waals surface area contributed by atoms with E-state index in [2.05, 4.69) is 9.71 Å². The van der Waals surface area contributed by atoms with Crippen molar-refractivity contribution in [2.45, 2.75) is 24.2 Å². The molecular formula is C15H16N2O5S. The first kappa shape index (κ1) is 15.4. The number of carboxylic acid groups (broad SMARTS) is 1. The van der Waals surface area contributed by atoms with Gasteiger partial charge in [-0.1, -0.05) is 6.07 Å². The summed E-state index contributed by atoms with van der Waals surface area (Å²) in [7, 11) is -2.43. The van der Waals surface area contributed by atoms with Crippen LogP contribution in [0.1, 0.15) is 28.0 Å². The minimum atomic E-state index is -3.90. The Balaban J connectivity index is 2.00. The fourth-order valence-corrected chi connectivity index (χ4v) is 3.87. The third-order valence-corrected chi connectivity index (χ3v) is 5.23. The molecule has 23 heavy (non-hydrogen) atoms. The predicted octanol–water partition coefficient (Wildman–Crippen LogP) is 2.01. The van der Waals surface area contributed by atoms with Crippen LogP contribution in [-0.2, 0) is 22.9 Å². The minimum Gasteiger partial charge on any atom is -0.495 e. The van der Waals surface area contributed by atoms with Crippen LogP contribution in [0.3, 0.4) is 0 Å². The summed E-state index contributed by atoms with van der Waals surface area (Å²) in [6, 6.07) is 4.76. The molecule has 3 N–H and O–H groups in total. The normalized spacial score (nSPS) is 13.6. The predicted molar refractivity (Wildman–Crippen MR) is 83.6 cm³/mol. The van der Waals surface area contributed by atoms with Crippen molar-refractivity contribution in [2.75, 3.05) is 11.8 Å². The van der Waals surface area contributed by atoms with Gasteiger partial charge < -0.3 is 14.8 Å². The maximum atomic E-state index is 12.5. The van der Waals surface area contributed by atoms with E-state index in [1.807, 2.05) is 6.07 Å². The molecule has 2 aromatic rings. The number of hydrogen-bond acceptors (Lipinski definition) is 4. The Morgan fingerprint density at radius 3 is 2.78 bits per heavy atom. The Kier molecular flexibility index (Phi) is 3.77. The van der Waals surface area contributed by atoms with E-state index in [-0.39, 0.29) is 10.6 Å². The molecule has 0 saturated heterocycles. The molecule has 0 unspecified atom stereocenters. The van der Waals surface area contributed by atoms with Crippen LogP contribution >= 0.6 is 0 Å². The molecule has 122 valence electrons. The number of carbonyl (C=O) groups is 1. The maximum absolute atomic E-state index is 12.5. The molecule has 0 amide bonds. The van der Waals surface area contributed by atoms with Crippen molar-refractivity contribution in [2.24, 2.45) is 0 Å². The van der Waals surface area contributed by atoms with Gasteiger partial charge in [-0.3, -0.25) is 4.72 Å². The monoisotopic (exact) mass is 336 g/mol. The number of aromatic amines is 1. The van der Waals surface area contributed by atoms with Crippen molar-refractivity contribution >= 4 is 21.7 Å². The SMILES string of the molecule is COc1ccc2c(c1NS(=O)(=O)c1c[nH]c(C(=O)O)c1)CCC2. The molecule has 0 bridgehead atoms. The minimum absolute atomic E-state index is 0.132. The second-order valence-corrected chi connectivity index (χ2v) is 6.98. The molecule has 1 aromatic heterocycles. The average molecular weight is 336 g/mol. The number of fused-ring (bicyclic) bond motifs is 1. The molecule has 0 radical (unpaired) electrons. The molecule has 0 atom stereocenters. The molecule has 0 aliphatic heterocycles. The van der Waals surface area contributed by atoms with E-state index in [0.717, 1.165) is 42.7 Å². The quantitative estimate of drug-likeness (QED) is 0.774. The summed E-state index contributed by atoms with van der Waals surface area (Å²) in [4.78, 5) is 13.2. The lowest BCUT2D eigenvalue weighted by atomic mass is 10.1. The second-order valence-electron chi connectivity index (χ2n) is 5.29. The number of nitrogens with one attached hydrogen (secondary N) is 2. The summed E-state index contributed by atoms with van der Waals surface area (Å²) in [5.74, 6) is -0.771. The first-order chi connectivity index (χ1) is 10.9. The van der Waals surface area contributed by atoms with E-state index in [9.17, 15) is 13.2 Å². The standard InChI is InChI=1S/C15H16N2O5S/c1-22-13-6-5-9-3-2-4-11(9)14(13)17-23(20,21)10-7-12(15(18)19)16-8-10/h5-8,16-17H,2-4H2,1H3,(H,18,19). The third kappa shape index (κ3) is 2.77. The zero-order valence-electron chi connectivity index (χ0n) is 12.4. The molecule has 8 heteroatoms. The lowest BCUT2D eigenvalue weighted by Gasteiger charge is -2.15. The Labute approximate surface area is 133 Å². The number of ether oxygens (including phenoxy) is 1. The van der Waals surface area contributed by atoms with Gasteiger partial charge in [0, 0.05) is 6.20 Å². The molecule has 1 aliphatic rings. The van der Waals surface area contributed by atoms with Crippen LogP contribution in [0.5, 0.6) is 5.75 Å². The van der Waals surface area contributed by atoms with Crippen molar-refractivity contribution in [3.63, 3.8) is 0 Å². The molecule has 0 spiro atoms. The van der Waals surface area contributed by atoms with Gasteiger partial charge >= 0.3 is 5.97 Å². The summed E-state index contributed by atoms with van der Waals surface area (Å²) in [5.41, 5.74) is 2.28. The highest BCUT2D eigenvalue weighted by atomic mass is 32.2. The van der Waals surface area contributed by atoms with Crippen LogP contribution in [-0.4, -0.2) is 31.6 Å². The molecular weight excluding hydrogens is 320 g/mol. The van der Waals surface area contributed by atoms with E-state index in [1.165, 1.54) is 7.11 Å². The van der Waals surface area contributed by atoms with Crippen molar-refractivity contribution in [1.82, 2.24) is 4.98 Å². The van der Waals surface area contributed by atoms with Crippen molar-refractivity contribution in [3.8, 4) is 5.75 Å². The number of sulfonamides is 1. The van der Waals surface area contributed by atoms with Crippen LogP contribution in [0.2, 0.25) is 0 Å². The second kappa shape index (κ2) is 5.62. The van der Waals surface area contributed by atoms with Crippen LogP contribution < -0.4 is 9.46 Å². The number of H-pyrrole nitrogens is 1. The number of methoxy groups -OCH3 is 1. The average Bonchev–Trinajstić information content (AvgIpc) is 3.17. The van der Waals surface area contributed by atoms with Gasteiger partial charge in [-0.15, -0.1) is 0 Å². The topological polar surface area (TPSA) is 108 Å². The van der Waals surface area contributed by atoms with Crippen molar-refractivity contribution in [1.29, 1.82) is 0 Å². The van der Waals surface area contributed by atoms with Crippen molar-refractivity contribution < 1.29 is 23.1 Å². The van der Waals surface area contributed by atoms with Gasteiger partial charge in [0.05, 0.1) is 12.8 Å². The summed E-state index contributed by atoms with van der Waals surface area (Å²) in [6.45, 7) is 0. The largest absolute Gasteiger partial charge is 0.495 e. The number of carboxylic acids is 1. The zero-order valence-corrected chi connectivity index (χ0v) is 13.2. The highest BCUT2D eigenvalue weighted by Crippen LogP contribution is 2.37. The lowest BCUT2D eigenvalue weighted by molar-refractivity contribution is 0.0691. The Bertz CT molecular complexity index is 870. The number of rotatable bonds is 5. The molecule has 1 heterocycles. The Morgan fingerprint density at radius 2 is 2.13 bits per heavy atom. The van der Waals surface area contributed by atoms with E-state index in [4.69, 9.17) is 9.84 Å². The van der Waals surface area contributed by atoms with Crippen LogP contribution in [0, 0.1) is 0 Å². The molecule has 0 saturated carbocycles. The highest BCUT2D eigenvalue weighted by Gasteiger charge is 2.24. The molecule has 7 nitrogen and oxygen atoms in total. The van der Waals surface area contributed by atoms with Crippen LogP contribution in [0.15, 0.2) is 29.3 Å². The first-order valence-corrected chi connectivity index (χ1v) is 8.54. The highest BCUT2D eigenvalue weighted by molar-refractivity contribution is 7.92. The van der Waals surface area contributed by atoms with Crippen LogP contribution in [0.4, 0.5) is 5.69 Å². The van der Waals surface area contributed by atoms with Gasteiger partial charge in [-0.2, -0.15) is 0 Å². The Hall–Kier alpha value is -2.48. The zero-order chi connectivity index (χ0) is 16.6. The Morgan fingerprint density at radius 1 is 1.35 bits per heavy atom. The summed E-state index contributed by atoms with van der Waals surface area (Å²) < 4.78 is 32.9.